The van der Waals surface area contributed by atoms with Gasteiger partial charge in [-0.15, -0.1) is 0 Å². The molecule has 0 N–H and O–H groups in total. The van der Waals surface area contributed by atoms with E-state index in [9.17, 15) is 9.59 Å². The molecular formula is C14H24O2. The monoisotopic (exact) mass is 224 g/mol. The van der Waals surface area contributed by atoms with E-state index in [-0.39, 0.29) is 18.6 Å². The third-order valence-electron chi connectivity index (χ3n) is 3.62. The average molecular weight is 224 g/mol. The maximum Gasteiger partial charge on any atom is 0.129 e. The highest BCUT2D eigenvalue weighted by molar-refractivity contribution is 5.76. The van der Waals surface area contributed by atoms with Gasteiger partial charge in [-0.2, -0.15) is 0 Å². The largest absolute Gasteiger partial charge is 0.303 e. The minimum Gasteiger partial charge on any atom is -0.303 e. The predicted octanol–water partition coefficient (Wildman–Crippen LogP) is 3.55. The van der Waals surface area contributed by atoms with Crippen molar-refractivity contribution in [2.75, 3.05) is 0 Å². The highest BCUT2D eigenvalue weighted by Crippen LogP contribution is 2.42. The zero-order chi connectivity index (χ0) is 11.5. The Bertz CT molecular complexity index is 291. The number of hydrogen-bond acceptors (Lipinski definition) is 2. The van der Waals surface area contributed by atoms with E-state index in [1.807, 2.05) is 0 Å². The van der Waals surface area contributed by atoms with Crippen LogP contribution in [0.3, 0.4) is 0 Å². The first-order chi connectivity index (χ1) is 7.00. The SMILES string of the molecule is C.CC(=O)CCC1(C=O)CC=C(C)CC1C. The highest BCUT2D eigenvalue weighted by Gasteiger charge is 2.37. The first-order valence-electron chi connectivity index (χ1n) is 5.61. The number of aldehydes is 1. The topological polar surface area (TPSA) is 34.1 Å². The third kappa shape index (κ3) is 3.29. The molecular weight excluding hydrogens is 200 g/mol. The Morgan fingerprint density at radius 3 is 2.69 bits per heavy atom. The van der Waals surface area contributed by atoms with Crippen molar-refractivity contribution in [2.24, 2.45) is 11.3 Å². The molecule has 1 rings (SSSR count). The summed E-state index contributed by atoms with van der Waals surface area (Å²) in [5.41, 5.74) is 1.08. The molecule has 0 saturated carbocycles. The van der Waals surface area contributed by atoms with Gasteiger partial charge < -0.3 is 9.59 Å². The lowest BCUT2D eigenvalue weighted by Gasteiger charge is -2.37. The number of rotatable bonds is 4. The van der Waals surface area contributed by atoms with Gasteiger partial charge in [-0.25, -0.2) is 0 Å². The zero-order valence-electron chi connectivity index (χ0n) is 9.88. The molecule has 92 valence electrons. The molecule has 1 aliphatic rings. The summed E-state index contributed by atoms with van der Waals surface area (Å²) in [6.45, 7) is 5.81. The fourth-order valence-corrected chi connectivity index (χ4v) is 2.32. The van der Waals surface area contributed by atoms with Crippen molar-refractivity contribution < 1.29 is 9.59 Å². The first-order valence-corrected chi connectivity index (χ1v) is 5.61. The van der Waals surface area contributed by atoms with Gasteiger partial charge in [-0.3, -0.25) is 0 Å². The van der Waals surface area contributed by atoms with E-state index in [4.69, 9.17) is 0 Å². The van der Waals surface area contributed by atoms with Gasteiger partial charge in [0.2, 0.25) is 0 Å². The second kappa shape index (κ2) is 5.97. The molecule has 0 aliphatic heterocycles. The molecule has 2 unspecified atom stereocenters. The summed E-state index contributed by atoms with van der Waals surface area (Å²) in [5, 5.41) is 0. The number of carbonyl (C=O) groups excluding carboxylic acids is 2. The molecule has 0 aromatic heterocycles. The minimum absolute atomic E-state index is 0. The number of Topliss-reactive ketones (excluding diaryl/α,β-unsaturated/α-hetero) is 1. The quantitative estimate of drug-likeness (QED) is 0.540. The van der Waals surface area contributed by atoms with E-state index in [0.29, 0.717) is 18.8 Å². The molecule has 0 aromatic carbocycles. The van der Waals surface area contributed by atoms with E-state index in [1.54, 1.807) is 6.92 Å². The summed E-state index contributed by atoms with van der Waals surface area (Å²) in [4.78, 5) is 22.3. The van der Waals surface area contributed by atoms with Crippen LogP contribution in [0.25, 0.3) is 0 Å². The van der Waals surface area contributed by atoms with Gasteiger partial charge in [-0.05, 0) is 39.0 Å². The lowest BCUT2D eigenvalue weighted by Crippen LogP contribution is -2.33. The van der Waals surface area contributed by atoms with Crippen LogP contribution in [0, 0.1) is 11.3 Å². The summed E-state index contributed by atoms with van der Waals surface area (Å²) in [6, 6.07) is 0. The van der Waals surface area contributed by atoms with Crippen molar-refractivity contribution in [1.82, 2.24) is 0 Å². The van der Waals surface area contributed by atoms with Crippen molar-refractivity contribution in [3.8, 4) is 0 Å². The predicted molar refractivity (Wildman–Crippen MR) is 67.3 cm³/mol. The Kier molecular flexibility index (Phi) is 5.63. The van der Waals surface area contributed by atoms with Crippen LogP contribution in [-0.4, -0.2) is 12.1 Å². The van der Waals surface area contributed by atoms with Crippen LogP contribution < -0.4 is 0 Å². The number of carbonyl (C=O) groups is 2. The maximum atomic E-state index is 11.3. The number of ketones is 1. The summed E-state index contributed by atoms with van der Waals surface area (Å²) in [6.07, 6.45) is 6.23. The molecule has 0 spiro atoms. The van der Waals surface area contributed by atoms with Crippen molar-refractivity contribution in [1.29, 1.82) is 0 Å². The second-order valence-electron chi connectivity index (χ2n) is 4.91. The van der Waals surface area contributed by atoms with E-state index >= 15 is 0 Å². The zero-order valence-corrected chi connectivity index (χ0v) is 9.88. The lowest BCUT2D eigenvalue weighted by molar-refractivity contribution is -0.121. The van der Waals surface area contributed by atoms with Gasteiger partial charge in [0.25, 0.3) is 0 Å². The summed E-state index contributed by atoms with van der Waals surface area (Å²) in [5.74, 6) is 0.536. The highest BCUT2D eigenvalue weighted by atomic mass is 16.1. The fourth-order valence-electron chi connectivity index (χ4n) is 2.32. The smallest absolute Gasteiger partial charge is 0.129 e. The van der Waals surface area contributed by atoms with Crippen LogP contribution in [0.1, 0.15) is 53.9 Å². The van der Waals surface area contributed by atoms with Crippen LogP contribution in [0.4, 0.5) is 0 Å². The molecule has 0 saturated heterocycles. The van der Waals surface area contributed by atoms with E-state index in [2.05, 4.69) is 19.9 Å². The first kappa shape index (κ1) is 15.1. The van der Waals surface area contributed by atoms with Crippen molar-refractivity contribution in [2.45, 2.75) is 53.9 Å². The number of allylic oxidation sites excluding steroid dienone is 2. The van der Waals surface area contributed by atoms with E-state index in [0.717, 1.165) is 19.1 Å². The third-order valence-corrected chi connectivity index (χ3v) is 3.62. The molecule has 1 aliphatic carbocycles. The van der Waals surface area contributed by atoms with Gasteiger partial charge >= 0.3 is 0 Å². The second-order valence-corrected chi connectivity index (χ2v) is 4.91. The van der Waals surface area contributed by atoms with Crippen LogP contribution in [0.2, 0.25) is 0 Å². The number of hydrogen-bond donors (Lipinski definition) is 0. The van der Waals surface area contributed by atoms with Crippen LogP contribution in [0.15, 0.2) is 11.6 Å². The molecule has 0 amide bonds. The molecule has 0 fully saturated rings. The molecule has 16 heavy (non-hydrogen) atoms. The van der Waals surface area contributed by atoms with Crippen LogP contribution in [0.5, 0.6) is 0 Å². The Morgan fingerprint density at radius 2 is 2.25 bits per heavy atom. The maximum absolute atomic E-state index is 11.3. The van der Waals surface area contributed by atoms with Crippen LogP contribution >= 0.6 is 0 Å². The van der Waals surface area contributed by atoms with Crippen molar-refractivity contribution in [3.63, 3.8) is 0 Å². The Morgan fingerprint density at radius 1 is 1.62 bits per heavy atom. The molecule has 2 atom stereocenters. The molecule has 0 bridgehead atoms. The van der Waals surface area contributed by atoms with E-state index < -0.39 is 0 Å². The lowest BCUT2D eigenvalue weighted by atomic mass is 9.66. The molecule has 0 radical (unpaired) electrons. The molecule has 2 heteroatoms. The Balaban J connectivity index is 0.00000225. The average Bonchev–Trinajstić information content (AvgIpc) is 2.17. The molecule has 0 heterocycles. The van der Waals surface area contributed by atoms with Crippen molar-refractivity contribution in [3.05, 3.63) is 11.6 Å². The van der Waals surface area contributed by atoms with Crippen LogP contribution in [-0.2, 0) is 9.59 Å². The summed E-state index contributed by atoms with van der Waals surface area (Å²) < 4.78 is 0. The standard InChI is InChI=1S/C13H20O2.CH4/c1-10-4-6-13(9-14,11(2)8-10)7-5-12(3)15;/h4,9,11H,5-8H2,1-3H3;1H4. The van der Waals surface area contributed by atoms with Gasteiger partial charge in [0.1, 0.15) is 12.1 Å². The normalized spacial score (nSPS) is 28.9. The van der Waals surface area contributed by atoms with E-state index in [1.165, 1.54) is 5.57 Å². The Labute approximate surface area is 99.1 Å². The Hall–Kier alpha value is -0.920. The van der Waals surface area contributed by atoms with Gasteiger partial charge in [0.15, 0.2) is 0 Å². The fraction of sp³-hybridized carbons (Fsp3) is 0.714. The summed E-state index contributed by atoms with van der Waals surface area (Å²) in [7, 11) is 0. The van der Waals surface area contributed by atoms with Gasteiger partial charge in [-0.1, -0.05) is 26.0 Å². The molecule has 0 aromatic rings. The minimum atomic E-state index is -0.287. The summed E-state index contributed by atoms with van der Waals surface area (Å²) >= 11 is 0. The van der Waals surface area contributed by atoms with Gasteiger partial charge in [0, 0.05) is 11.8 Å². The van der Waals surface area contributed by atoms with Gasteiger partial charge in [0.05, 0.1) is 0 Å². The molecule has 2 nitrogen and oxygen atoms in total. The van der Waals surface area contributed by atoms with Crippen molar-refractivity contribution >= 4 is 12.1 Å².